The van der Waals surface area contributed by atoms with E-state index in [0.717, 1.165) is 55.4 Å². The number of carbonyl (C=O) groups is 8. The van der Waals surface area contributed by atoms with E-state index in [2.05, 4.69) is 0 Å². The van der Waals surface area contributed by atoms with E-state index in [9.17, 15) is 43.5 Å². The predicted octanol–water partition coefficient (Wildman–Crippen LogP) is 0.662. The maximum absolute atomic E-state index is 12.7. The zero-order valence-electron chi connectivity index (χ0n) is 37.6. The first kappa shape index (κ1) is 53.0. The maximum atomic E-state index is 12.7. The van der Waals surface area contributed by atoms with Crippen molar-refractivity contribution in [1.29, 1.82) is 0 Å². The van der Waals surface area contributed by atoms with Crippen molar-refractivity contribution in [3.8, 4) is 0 Å². The average Bonchev–Trinajstić information content (AvgIpc) is 3.12. The van der Waals surface area contributed by atoms with Crippen LogP contribution in [-0.2, 0) is 104 Å². The zero-order chi connectivity index (χ0) is 47.7. The largest absolute Gasteiger partial charge is 0.463 e. The van der Waals surface area contributed by atoms with E-state index in [1.807, 2.05) is 33.9 Å². The molecule has 3 aliphatic rings. The molecule has 358 valence electrons. The lowest BCUT2D eigenvalue weighted by molar-refractivity contribution is -0.379. The predicted molar refractivity (Wildman–Crippen MR) is 208 cm³/mol. The third kappa shape index (κ3) is 15.1. The fraction of sp³-hybridized carbons (Fsp3) is 0.795. The maximum Gasteiger partial charge on any atom is 0.303 e. The van der Waals surface area contributed by atoms with Crippen LogP contribution in [0, 0.1) is 0 Å². The summed E-state index contributed by atoms with van der Waals surface area (Å²) < 4.78 is 81.1. The fourth-order valence-electron chi connectivity index (χ4n) is 6.59. The Morgan fingerprint density at radius 1 is 0.508 bits per heavy atom. The lowest BCUT2D eigenvalue weighted by atomic mass is 9.97. The Morgan fingerprint density at radius 2 is 0.873 bits per heavy atom. The summed E-state index contributed by atoms with van der Waals surface area (Å²) in [6, 6.07) is 0. The SMILES string of the molecule is CC(=O)OC[C@H]1O[C@@H](O[C@@H]2[C@@H](O[C@@H]3O[C@H](CO[Si](C)(C)C(C)(C)C)[C@H](OC(C)=O)[C@H](OC(C)=O)[C@H]3OC(C)=O)[C@@H](OC(C)=O)CO[C@H]2O)[C@H](OC(C)=O)[C@@H](OC(C)=O)[C@H]1OC(C)=O. The van der Waals surface area contributed by atoms with E-state index in [1.54, 1.807) is 0 Å². The molecule has 3 fully saturated rings. The van der Waals surface area contributed by atoms with Crippen molar-refractivity contribution in [2.75, 3.05) is 19.8 Å². The molecular formula is C39H60O23Si. The van der Waals surface area contributed by atoms with Crippen molar-refractivity contribution in [2.45, 2.75) is 180 Å². The van der Waals surface area contributed by atoms with Crippen LogP contribution in [0.4, 0.5) is 0 Å². The minimum absolute atomic E-state index is 0.271. The van der Waals surface area contributed by atoms with Gasteiger partial charge in [-0.15, -0.1) is 0 Å². The quantitative estimate of drug-likeness (QED) is 0.126. The van der Waals surface area contributed by atoms with Crippen molar-refractivity contribution in [3.05, 3.63) is 0 Å². The normalized spacial score (nSPS) is 32.2. The van der Waals surface area contributed by atoms with E-state index in [0.29, 0.717) is 0 Å². The van der Waals surface area contributed by atoms with Crippen LogP contribution < -0.4 is 0 Å². The summed E-state index contributed by atoms with van der Waals surface area (Å²) in [5, 5.41) is 11.1. The fourth-order valence-corrected chi connectivity index (χ4v) is 7.61. The minimum atomic E-state index is -2.58. The van der Waals surface area contributed by atoms with Gasteiger partial charge in [-0.2, -0.15) is 0 Å². The Morgan fingerprint density at radius 3 is 1.25 bits per heavy atom. The van der Waals surface area contributed by atoms with Crippen LogP contribution in [0.2, 0.25) is 18.1 Å². The standard InChI is InChI=1S/C39H60O23Si/c1-17(40)49-14-26-28(53-19(3)42)31(55-21(5)44)35(58-24(8)47)38(59-26)62-33-30(25(52-18(2)41)15-50-36(33)48)61-37-34(57-23(7)46)32(56-22(6)45)29(54-20(4)43)27(60-37)16-51-63(12,13)39(9,10)11/h25-38,48H,14-16H2,1-13H3/t25-,26+,27+,28-,29-,30-,31-,32-,33+,34+,35+,36+,37-,38-/m0/s1. The molecule has 0 spiro atoms. The molecule has 0 aromatic carbocycles. The number of hydrogen-bond acceptors (Lipinski definition) is 23. The summed E-state index contributed by atoms with van der Waals surface area (Å²) in [5.41, 5.74) is 0. The minimum Gasteiger partial charge on any atom is -0.463 e. The van der Waals surface area contributed by atoms with E-state index in [-0.39, 0.29) is 11.6 Å². The molecular weight excluding hydrogens is 864 g/mol. The van der Waals surface area contributed by atoms with E-state index in [1.165, 1.54) is 0 Å². The Balaban J connectivity index is 2.23. The summed E-state index contributed by atoms with van der Waals surface area (Å²) >= 11 is 0. The number of aliphatic hydroxyl groups excluding tert-OH is 1. The number of rotatable bonds is 16. The van der Waals surface area contributed by atoms with E-state index < -0.39 is 155 Å². The van der Waals surface area contributed by atoms with Crippen molar-refractivity contribution in [2.24, 2.45) is 0 Å². The van der Waals surface area contributed by atoms with Crippen molar-refractivity contribution in [3.63, 3.8) is 0 Å². The number of esters is 8. The number of ether oxygens (including phenoxy) is 13. The smallest absolute Gasteiger partial charge is 0.303 e. The van der Waals surface area contributed by atoms with Gasteiger partial charge in [0.1, 0.15) is 31.0 Å². The third-order valence-corrected chi connectivity index (χ3v) is 14.7. The lowest BCUT2D eigenvalue weighted by Crippen LogP contribution is -2.67. The topological polar surface area (TPSA) is 286 Å². The summed E-state index contributed by atoms with van der Waals surface area (Å²) in [4.78, 5) is 99.6. The van der Waals surface area contributed by atoms with Crippen LogP contribution >= 0.6 is 0 Å². The molecule has 63 heavy (non-hydrogen) atoms. The van der Waals surface area contributed by atoms with E-state index >= 15 is 0 Å². The average molecular weight is 925 g/mol. The first-order valence-electron chi connectivity index (χ1n) is 20.0. The highest BCUT2D eigenvalue weighted by Gasteiger charge is 2.58. The first-order valence-corrected chi connectivity index (χ1v) is 22.9. The second kappa shape index (κ2) is 22.5. The van der Waals surface area contributed by atoms with Crippen molar-refractivity contribution >= 4 is 56.1 Å². The molecule has 0 unspecified atom stereocenters. The van der Waals surface area contributed by atoms with Crippen LogP contribution in [0.5, 0.6) is 0 Å². The summed E-state index contributed by atoms with van der Waals surface area (Å²) in [5.74, 6) is -7.09. The molecule has 24 heteroatoms. The highest BCUT2D eigenvalue weighted by atomic mass is 28.4. The van der Waals surface area contributed by atoms with Crippen LogP contribution in [0.15, 0.2) is 0 Å². The van der Waals surface area contributed by atoms with E-state index in [4.69, 9.17) is 66.0 Å². The Hall–Kier alpha value is -4.30. The molecule has 0 saturated carbocycles. The van der Waals surface area contributed by atoms with Gasteiger partial charge in [0, 0.05) is 55.4 Å². The van der Waals surface area contributed by atoms with Crippen molar-refractivity contribution < 1.29 is 109 Å². The molecule has 0 aliphatic carbocycles. The van der Waals surface area contributed by atoms with Crippen LogP contribution in [-0.4, -0.2) is 167 Å². The van der Waals surface area contributed by atoms with Gasteiger partial charge in [0.2, 0.25) is 0 Å². The highest BCUT2D eigenvalue weighted by molar-refractivity contribution is 6.74. The summed E-state index contributed by atoms with van der Waals surface area (Å²) in [6.07, 6.45) is -23.4. The molecule has 0 aromatic rings. The van der Waals surface area contributed by atoms with Gasteiger partial charge in [-0.25, -0.2) is 0 Å². The summed E-state index contributed by atoms with van der Waals surface area (Å²) in [6.45, 7) is 16.8. The lowest BCUT2D eigenvalue weighted by Gasteiger charge is -2.49. The summed E-state index contributed by atoms with van der Waals surface area (Å²) in [7, 11) is -2.58. The molecule has 3 saturated heterocycles. The molecule has 3 heterocycles. The van der Waals surface area contributed by atoms with Crippen LogP contribution in [0.1, 0.15) is 76.2 Å². The number of hydrogen-bond donors (Lipinski definition) is 1. The molecule has 0 radical (unpaired) electrons. The molecule has 0 amide bonds. The molecule has 0 bridgehead atoms. The Kier molecular flexibility index (Phi) is 19.0. The first-order chi connectivity index (χ1) is 29.1. The van der Waals surface area contributed by atoms with Gasteiger partial charge in [-0.3, -0.25) is 38.4 Å². The molecule has 3 rings (SSSR count). The Labute approximate surface area is 365 Å². The molecule has 23 nitrogen and oxygen atoms in total. The highest BCUT2D eigenvalue weighted by Crippen LogP contribution is 2.39. The third-order valence-electron chi connectivity index (χ3n) is 10.2. The molecule has 3 aliphatic heterocycles. The van der Waals surface area contributed by atoms with Gasteiger partial charge in [0.15, 0.2) is 69.9 Å². The second-order valence-corrected chi connectivity index (χ2v) is 21.3. The molecule has 14 atom stereocenters. The second-order valence-electron chi connectivity index (χ2n) is 16.5. The van der Waals surface area contributed by atoms with Gasteiger partial charge < -0.3 is 71.1 Å². The zero-order valence-corrected chi connectivity index (χ0v) is 38.6. The number of carbonyl (C=O) groups excluding carboxylic acids is 8. The molecule has 0 aromatic heterocycles. The number of aliphatic hydroxyl groups is 1. The van der Waals surface area contributed by atoms with Crippen LogP contribution in [0.25, 0.3) is 0 Å². The van der Waals surface area contributed by atoms with Gasteiger partial charge in [0.05, 0.1) is 13.2 Å². The van der Waals surface area contributed by atoms with Gasteiger partial charge in [-0.1, -0.05) is 20.8 Å². The monoisotopic (exact) mass is 924 g/mol. The Bertz CT molecular complexity index is 1660. The van der Waals surface area contributed by atoms with Crippen LogP contribution in [0.3, 0.4) is 0 Å². The van der Waals surface area contributed by atoms with Gasteiger partial charge >= 0.3 is 47.8 Å². The van der Waals surface area contributed by atoms with Gasteiger partial charge in [0.25, 0.3) is 0 Å². The van der Waals surface area contributed by atoms with Gasteiger partial charge in [-0.05, 0) is 18.1 Å². The molecule has 1 N–H and O–H groups in total. The van der Waals surface area contributed by atoms with Crippen molar-refractivity contribution in [1.82, 2.24) is 0 Å².